The molecule has 0 bridgehead atoms. The quantitative estimate of drug-likeness (QED) is 0.497. The lowest BCUT2D eigenvalue weighted by Gasteiger charge is -2.27. The van der Waals surface area contributed by atoms with E-state index in [1.165, 1.54) is 12.8 Å². The van der Waals surface area contributed by atoms with Gasteiger partial charge in [0.15, 0.2) is 5.11 Å². The number of nitrogens with zero attached hydrogens (tertiary/aromatic N) is 3. The van der Waals surface area contributed by atoms with Gasteiger partial charge in [-0.3, -0.25) is 0 Å². The normalized spacial score (nSPS) is 14.0. The van der Waals surface area contributed by atoms with Crippen molar-refractivity contribution in [2.75, 3.05) is 20.3 Å². The van der Waals surface area contributed by atoms with Gasteiger partial charge in [0.05, 0.1) is 30.8 Å². The second-order valence-corrected chi connectivity index (χ2v) is 11.1. The molecule has 1 aromatic heterocycles. The third kappa shape index (κ3) is 6.76. The smallest absolute Gasteiger partial charge is 0.228 e. The van der Waals surface area contributed by atoms with Gasteiger partial charge in [0.25, 0.3) is 0 Å². The van der Waals surface area contributed by atoms with Crippen molar-refractivity contribution in [2.24, 2.45) is 5.92 Å². The van der Waals surface area contributed by atoms with Crippen molar-refractivity contribution in [2.45, 2.75) is 63.7 Å². The maximum Gasteiger partial charge on any atom is 0.228 e. The van der Waals surface area contributed by atoms with Gasteiger partial charge in [0.2, 0.25) is 15.0 Å². The van der Waals surface area contributed by atoms with Crippen LogP contribution in [0.25, 0.3) is 0 Å². The molecule has 1 saturated carbocycles. The maximum absolute atomic E-state index is 13.3. The van der Waals surface area contributed by atoms with Crippen LogP contribution in [0, 0.1) is 12.8 Å². The zero-order valence-corrected chi connectivity index (χ0v) is 21.0. The van der Waals surface area contributed by atoms with E-state index in [-0.39, 0.29) is 17.0 Å². The van der Waals surface area contributed by atoms with Crippen LogP contribution in [0.2, 0.25) is 0 Å². The summed E-state index contributed by atoms with van der Waals surface area (Å²) in [6, 6.07) is 7.78. The minimum atomic E-state index is -3.62. The van der Waals surface area contributed by atoms with Crippen LogP contribution in [0.4, 0.5) is 0 Å². The fourth-order valence-electron chi connectivity index (χ4n) is 3.52. The summed E-state index contributed by atoms with van der Waals surface area (Å²) < 4.78 is 33.5. The van der Waals surface area contributed by atoms with Crippen molar-refractivity contribution in [1.29, 1.82) is 0 Å². The number of hydrogen-bond acceptors (Lipinski definition) is 5. The predicted octanol–water partition coefficient (Wildman–Crippen LogP) is 3.31. The number of thiocarbonyl (C=S) groups is 1. The van der Waals surface area contributed by atoms with Crippen molar-refractivity contribution >= 4 is 27.2 Å². The van der Waals surface area contributed by atoms with Crippen LogP contribution >= 0.6 is 12.2 Å². The van der Waals surface area contributed by atoms with E-state index in [1.54, 1.807) is 17.9 Å². The van der Waals surface area contributed by atoms with E-state index in [9.17, 15) is 8.42 Å². The van der Waals surface area contributed by atoms with E-state index in [2.05, 4.69) is 29.0 Å². The van der Waals surface area contributed by atoms with Crippen molar-refractivity contribution < 1.29 is 13.2 Å². The minimum absolute atomic E-state index is 0.0826. The molecule has 1 heterocycles. The molecule has 1 N–H and O–H groups in total. The van der Waals surface area contributed by atoms with Gasteiger partial charge in [0.1, 0.15) is 0 Å². The summed E-state index contributed by atoms with van der Waals surface area (Å²) in [5.74, 6) is 0.553. The number of hydrogen-bond donors (Lipinski definition) is 1. The number of imidazole rings is 1. The van der Waals surface area contributed by atoms with E-state index in [0.29, 0.717) is 30.7 Å². The summed E-state index contributed by atoms with van der Waals surface area (Å²) in [6.45, 7) is 8.27. The molecule has 32 heavy (non-hydrogen) atoms. The van der Waals surface area contributed by atoms with Crippen LogP contribution in [0.15, 0.2) is 35.6 Å². The van der Waals surface area contributed by atoms with Crippen molar-refractivity contribution in [3.8, 4) is 0 Å². The first-order chi connectivity index (χ1) is 15.2. The molecule has 1 aliphatic carbocycles. The topological polar surface area (TPSA) is 76.5 Å². The Morgan fingerprint density at radius 1 is 1.31 bits per heavy atom. The molecule has 1 aliphatic rings. The highest BCUT2D eigenvalue weighted by molar-refractivity contribution is 7.90. The average Bonchev–Trinajstić information content (AvgIpc) is 3.45. The van der Waals surface area contributed by atoms with E-state index >= 15 is 0 Å². The second-order valence-electron chi connectivity index (χ2n) is 8.85. The summed E-state index contributed by atoms with van der Waals surface area (Å²) in [7, 11) is -2.01. The van der Waals surface area contributed by atoms with Crippen LogP contribution in [-0.2, 0) is 33.4 Å². The van der Waals surface area contributed by atoms with Crippen LogP contribution in [0.5, 0.6) is 0 Å². The fraction of sp³-hybridized carbons (Fsp3) is 0.565. The summed E-state index contributed by atoms with van der Waals surface area (Å²) in [4.78, 5) is 6.48. The molecule has 3 rings (SSSR count). The molecule has 176 valence electrons. The van der Waals surface area contributed by atoms with Crippen LogP contribution in [0.1, 0.15) is 43.5 Å². The number of aromatic nitrogens is 2. The van der Waals surface area contributed by atoms with Crippen LogP contribution in [0.3, 0.4) is 0 Å². The highest BCUT2D eigenvalue weighted by Crippen LogP contribution is 2.30. The van der Waals surface area contributed by atoms with Gasteiger partial charge in [-0.15, -0.1) is 0 Å². The Labute approximate surface area is 197 Å². The molecule has 0 unspecified atom stereocenters. The lowest BCUT2D eigenvalue weighted by Crippen LogP contribution is -2.43. The Bertz CT molecular complexity index is 1010. The Morgan fingerprint density at radius 3 is 2.59 bits per heavy atom. The standard InChI is InChI=1S/C23H34N4O3S2/c1-17(2)25-22(31)26(14-19-9-10-19)15-21-13-24-23(27(21)11-12-30-4)32(28,29)16-20-7-5-18(3)6-8-20/h5-8,13,17,19H,9-12,14-16H2,1-4H3,(H,25,31). The lowest BCUT2D eigenvalue weighted by atomic mass is 10.2. The zero-order chi connectivity index (χ0) is 23.3. The van der Waals surface area contributed by atoms with Crippen LogP contribution < -0.4 is 5.32 Å². The predicted molar refractivity (Wildman–Crippen MR) is 130 cm³/mol. The average molecular weight is 479 g/mol. The van der Waals surface area contributed by atoms with Crippen molar-refractivity contribution in [3.05, 3.63) is 47.3 Å². The molecule has 0 amide bonds. The molecule has 1 aromatic carbocycles. The minimum Gasteiger partial charge on any atom is -0.383 e. The number of sulfone groups is 1. The van der Waals surface area contributed by atoms with Gasteiger partial charge in [-0.25, -0.2) is 13.4 Å². The molecule has 9 heteroatoms. The largest absolute Gasteiger partial charge is 0.383 e. The van der Waals surface area contributed by atoms with Gasteiger partial charge in [-0.1, -0.05) is 29.8 Å². The fourth-order valence-corrected chi connectivity index (χ4v) is 5.41. The van der Waals surface area contributed by atoms with E-state index < -0.39 is 9.84 Å². The first-order valence-electron chi connectivity index (χ1n) is 11.1. The zero-order valence-electron chi connectivity index (χ0n) is 19.4. The van der Waals surface area contributed by atoms with E-state index in [4.69, 9.17) is 17.0 Å². The third-order valence-electron chi connectivity index (χ3n) is 5.40. The Hall–Kier alpha value is -1.97. The molecular formula is C23H34N4O3S2. The van der Waals surface area contributed by atoms with Gasteiger partial charge in [-0.2, -0.15) is 0 Å². The molecule has 0 saturated heterocycles. The molecule has 1 fully saturated rings. The number of aryl methyl sites for hydroxylation is 1. The summed E-state index contributed by atoms with van der Waals surface area (Å²) in [5.41, 5.74) is 2.66. The number of nitrogens with one attached hydrogen (secondary N) is 1. The van der Waals surface area contributed by atoms with Gasteiger partial charge >= 0.3 is 0 Å². The summed E-state index contributed by atoms with van der Waals surface area (Å²) in [6.07, 6.45) is 4.08. The highest BCUT2D eigenvalue weighted by atomic mass is 32.2. The molecule has 7 nitrogen and oxygen atoms in total. The van der Waals surface area contributed by atoms with Crippen molar-refractivity contribution in [1.82, 2.24) is 19.8 Å². The maximum atomic E-state index is 13.3. The first-order valence-corrected chi connectivity index (χ1v) is 13.1. The Kier molecular flexibility index (Phi) is 8.30. The van der Waals surface area contributed by atoms with E-state index in [1.807, 2.05) is 31.2 Å². The Morgan fingerprint density at radius 2 is 2.00 bits per heavy atom. The number of benzene rings is 1. The number of ether oxygens (including phenoxy) is 1. The van der Waals surface area contributed by atoms with Crippen LogP contribution in [-0.4, -0.2) is 54.3 Å². The van der Waals surface area contributed by atoms with Gasteiger partial charge in [0, 0.05) is 26.2 Å². The molecular weight excluding hydrogens is 444 g/mol. The second kappa shape index (κ2) is 10.8. The lowest BCUT2D eigenvalue weighted by molar-refractivity contribution is 0.182. The SMILES string of the molecule is COCCn1c(CN(CC2CC2)C(=S)NC(C)C)cnc1S(=O)(=O)Cc1ccc(C)cc1. The number of rotatable bonds is 11. The third-order valence-corrected chi connectivity index (χ3v) is 7.38. The summed E-state index contributed by atoms with van der Waals surface area (Å²) in [5, 5.41) is 4.09. The molecule has 0 spiro atoms. The molecule has 2 aromatic rings. The van der Waals surface area contributed by atoms with Crippen molar-refractivity contribution in [3.63, 3.8) is 0 Å². The molecule has 0 radical (unpaired) electrons. The number of methoxy groups -OCH3 is 1. The Balaban J connectivity index is 1.87. The summed E-state index contributed by atoms with van der Waals surface area (Å²) >= 11 is 5.65. The molecule has 0 aliphatic heterocycles. The monoisotopic (exact) mass is 478 g/mol. The van der Waals surface area contributed by atoms with Gasteiger partial charge in [-0.05, 0) is 57.3 Å². The highest BCUT2D eigenvalue weighted by Gasteiger charge is 2.28. The van der Waals surface area contributed by atoms with E-state index in [0.717, 1.165) is 23.4 Å². The first kappa shape index (κ1) is 24.7. The van der Waals surface area contributed by atoms with Gasteiger partial charge < -0.3 is 19.5 Å². The molecule has 0 atom stereocenters.